The van der Waals surface area contributed by atoms with Crippen LogP contribution in [-0.4, -0.2) is 0 Å². The van der Waals surface area contributed by atoms with E-state index in [9.17, 15) is 0 Å². The van der Waals surface area contributed by atoms with Crippen molar-refractivity contribution in [2.75, 3.05) is 5.73 Å². The first kappa shape index (κ1) is 8.23. The van der Waals surface area contributed by atoms with Crippen molar-refractivity contribution in [3.05, 3.63) is 22.5 Å². The molecule has 0 bridgehead atoms. The third-order valence-corrected chi connectivity index (χ3v) is 3.77. The summed E-state index contributed by atoms with van der Waals surface area (Å²) in [6.07, 6.45) is 0. The number of fused-ring (bicyclic) bond motifs is 1. The number of thiophene rings is 1. The maximum Gasteiger partial charge on any atom is 0.0783 e. The largest absolute Gasteiger partial charge is 0.397 e. The Hall–Kier alpha value is -0.380. The molecule has 2 N–H and O–H groups in total. The maximum absolute atomic E-state index is 5.92. The van der Waals surface area contributed by atoms with E-state index in [2.05, 4.69) is 12.6 Å². The van der Waals surface area contributed by atoms with Crippen LogP contribution in [0.5, 0.6) is 0 Å². The van der Waals surface area contributed by atoms with Crippen molar-refractivity contribution in [3.8, 4) is 0 Å². The minimum Gasteiger partial charge on any atom is -0.397 e. The number of rotatable bonds is 0. The van der Waals surface area contributed by atoms with Crippen molar-refractivity contribution < 1.29 is 0 Å². The average Bonchev–Trinajstić information content (AvgIpc) is 2.48. The molecule has 2 aromatic rings. The number of nitrogen functional groups attached to an aromatic ring is 1. The predicted octanol–water partition coefficient (Wildman–Crippen LogP) is 3.43. The molecule has 1 aromatic carbocycles. The predicted molar refractivity (Wildman–Crippen MR) is 58.5 cm³/mol. The molecule has 0 amide bonds. The minimum absolute atomic E-state index is 0.549. The van der Waals surface area contributed by atoms with Gasteiger partial charge in [-0.25, -0.2) is 0 Å². The molecule has 0 spiro atoms. The molecular weight excluding hydrogens is 210 g/mol. The highest BCUT2D eigenvalue weighted by Crippen LogP contribution is 2.36. The van der Waals surface area contributed by atoms with Crippen molar-refractivity contribution in [2.24, 2.45) is 0 Å². The number of thiol groups is 1. The van der Waals surface area contributed by atoms with E-state index in [1.807, 2.05) is 17.5 Å². The lowest BCUT2D eigenvalue weighted by Gasteiger charge is -2.01. The highest BCUT2D eigenvalue weighted by atomic mass is 35.5. The zero-order valence-electron chi connectivity index (χ0n) is 6.04. The molecule has 4 heteroatoms. The van der Waals surface area contributed by atoms with Crippen molar-refractivity contribution in [2.45, 2.75) is 4.90 Å². The molecule has 0 atom stereocenters. The lowest BCUT2D eigenvalue weighted by atomic mass is 10.2. The number of nitrogens with two attached hydrogens (primary N) is 1. The Balaban J connectivity index is 2.94. The maximum atomic E-state index is 5.92. The standard InChI is InChI=1S/C8H6ClNS2/c9-6-5(10)3-4-1-2-12-8(4)7(6)11/h1-3,11H,10H2. The summed E-state index contributed by atoms with van der Waals surface area (Å²) in [6, 6.07) is 3.88. The number of hydrogen-bond acceptors (Lipinski definition) is 3. The molecule has 0 saturated carbocycles. The molecule has 2 rings (SSSR count). The van der Waals surface area contributed by atoms with Crippen LogP contribution in [0.15, 0.2) is 22.4 Å². The molecule has 1 nitrogen and oxygen atoms in total. The van der Waals surface area contributed by atoms with Gasteiger partial charge in [-0.3, -0.25) is 0 Å². The molecule has 0 aliphatic heterocycles. The van der Waals surface area contributed by atoms with E-state index < -0.39 is 0 Å². The third-order valence-electron chi connectivity index (χ3n) is 1.68. The molecule has 12 heavy (non-hydrogen) atoms. The summed E-state index contributed by atoms with van der Waals surface area (Å²) < 4.78 is 1.09. The minimum atomic E-state index is 0.549. The van der Waals surface area contributed by atoms with Crippen LogP contribution in [0.3, 0.4) is 0 Å². The zero-order chi connectivity index (χ0) is 8.72. The van der Waals surface area contributed by atoms with Crippen LogP contribution in [0.1, 0.15) is 0 Å². The lowest BCUT2D eigenvalue weighted by molar-refractivity contribution is 1.59. The van der Waals surface area contributed by atoms with Crippen molar-refractivity contribution in [1.82, 2.24) is 0 Å². The van der Waals surface area contributed by atoms with Gasteiger partial charge in [0.15, 0.2) is 0 Å². The van der Waals surface area contributed by atoms with Gasteiger partial charge >= 0.3 is 0 Å². The molecule has 0 radical (unpaired) electrons. The van der Waals surface area contributed by atoms with Gasteiger partial charge in [0, 0.05) is 9.60 Å². The van der Waals surface area contributed by atoms with E-state index >= 15 is 0 Å². The second-order valence-corrected chi connectivity index (χ2v) is 4.21. The molecule has 62 valence electrons. The van der Waals surface area contributed by atoms with Crippen LogP contribution >= 0.6 is 35.6 Å². The Labute approximate surface area is 84.6 Å². The monoisotopic (exact) mass is 215 g/mol. The quantitative estimate of drug-likeness (QED) is 0.511. The van der Waals surface area contributed by atoms with E-state index in [0.29, 0.717) is 10.7 Å². The van der Waals surface area contributed by atoms with Crippen LogP contribution < -0.4 is 5.73 Å². The smallest absolute Gasteiger partial charge is 0.0783 e. The third kappa shape index (κ3) is 1.09. The molecule has 0 fully saturated rings. The lowest BCUT2D eigenvalue weighted by Crippen LogP contribution is -1.86. The van der Waals surface area contributed by atoms with Gasteiger partial charge in [0.25, 0.3) is 0 Å². The van der Waals surface area contributed by atoms with Crippen LogP contribution in [0.4, 0.5) is 5.69 Å². The molecule has 1 aromatic heterocycles. The first-order valence-corrected chi connectivity index (χ1v) is 5.05. The summed E-state index contributed by atoms with van der Waals surface area (Å²) >= 11 is 11.8. The number of hydrogen-bond donors (Lipinski definition) is 2. The molecule has 1 heterocycles. The highest BCUT2D eigenvalue weighted by Gasteiger charge is 2.07. The van der Waals surface area contributed by atoms with E-state index in [1.165, 1.54) is 0 Å². The normalized spacial score (nSPS) is 10.8. The van der Waals surface area contributed by atoms with Crippen LogP contribution in [0.2, 0.25) is 5.02 Å². The summed E-state index contributed by atoms with van der Waals surface area (Å²) in [7, 11) is 0. The number of anilines is 1. The summed E-state index contributed by atoms with van der Waals surface area (Å²) in [5.74, 6) is 0. The molecule has 0 saturated heterocycles. The Morgan fingerprint density at radius 3 is 3.00 bits per heavy atom. The SMILES string of the molecule is Nc1cc2ccsc2c(S)c1Cl. The second-order valence-electron chi connectivity index (χ2n) is 2.47. The van der Waals surface area contributed by atoms with Crippen LogP contribution in [0.25, 0.3) is 10.1 Å². The zero-order valence-corrected chi connectivity index (χ0v) is 8.51. The molecule has 0 aliphatic carbocycles. The fourth-order valence-corrected chi connectivity index (χ4v) is 2.54. The number of halogens is 1. The molecule has 0 aliphatic rings. The first-order chi connectivity index (χ1) is 5.70. The Morgan fingerprint density at radius 2 is 2.25 bits per heavy atom. The number of benzene rings is 1. The van der Waals surface area contributed by atoms with Crippen molar-refractivity contribution >= 4 is 51.3 Å². The second kappa shape index (κ2) is 2.83. The summed E-state index contributed by atoms with van der Waals surface area (Å²) in [4.78, 5) is 0.779. The summed E-state index contributed by atoms with van der Waals surface area (Å²) in [5, 5.41) is 3.65. The van der Waals surface area contributed by atoms with E-state index in [-0.39, 0.29) is 0 Å². The van der Waals surface area contributed by atoms with Crippen molar-refractivity contribution in [3.63, 3.8) is 0 Å². The van der Waals surface area contributed by atoms with Crippen LogP contribution in [-0.2, 0) is 0 Å². The first-order valence-electron chi connectivity index (χ1n) is 3.34. The van der Waals surface area contributed by atoms with Gasteiger partial charge in [0.1, 0.15) is 0 Å². The van der Waals surface area contributed by atoms with Gasteiger partial charge < -0.3 is 5.73 Å². The fraction of sp³-hybridized carbons (Fsp3) is 0. The fourth-order valence-electron chi connectivity index (χ4n) is 1.09. The topological polar surface area (TPSA) is 26.0 Å². The Bertz CT molecular complexity index is 436. The Kier molecular flexibility index (Phi) is 1.94. The van der Waals surface area contributed by atoms with Crippen LogP contribution in [0, 0.1) is 0 Å². The summed E-state index contributed by atoms with van der Waals surface area (Å²) in [5.41, 5.74) is 6.26. The van der Waals surface area contributed by atoms with E-state index in [1.54, 1.807) is 11.3 Å². The van der Waals surface area contributed by atoms with Gasteiger partial charge in [0.2, 0.25) is 0 Å². The van der Waals surface area contributed by atoms with Gasteiger partial charge in [-0.1, -0.05) is 11.6 Å². The van der Waals surface area contributed by atoms with Gasteiger partial charge in [0.05, 0.1) is 10.7 Å². The van der Waals surface area contributed by atoms with Gasteiger partial charge in [-0.15, -0.1) is 24.0 Å². The highest BCUT2D eigenvalue weighted by molar-refractivity contribution is 7.81. The molecule has 0 unspecified atom stereocenters. The van der Waals surface area contributed by atoms with E-state index in [0.717, 1.165) is 15.0 Å². The van der Waals surface area contributed by atoms with Gasteiger partial charge in [-0.2, -0.15) is 0 Å². The Morgan fingerprint density at radius 1 is 1.50 bits per heavy atom. The van der Waals surface area contributed by atoms with E-state index in [4.69, 9.17) is 17.3 Å². The molecular formula is C8H6ClNS2. The van der Waals surface area contributed by atoms with Gasteiger partial charge in [-0.05, 0) is 22.9 Å². The summed E-state index contributed by atoms with van der Waals surface area (Å²) in [6.45, 7) is 0. The van der Waals surface area contributed by atoms with Crippen molar-refractivity contribution in [1.29, 1.82) is 0 Å². The average molecular weight is 216 g/mol.